The van der Waals surface area contributed by atoms with E-state index in [9.17, 15) is 0 Å². The summed E-state index contributed by atoms with van der Waals surface area (Å²) >= 11 is 0. The van der Waals surface area contributed by atoms with Gasteiger partial charge in [-0.3, -0.25) is 0 Å². The number of hydrogen-bond donors (Lipinski definition) is 1. The zero-order valence-electron chi connectivity index (χ0n) is 12.4. The van der Waals surface area contributed by atoms with Crippen LogP contribution in [0.4, 0.5) is 0 Å². The number of fused-ring (bicyclic) bond motifs is 1. The standard InChI is InChI=1S/C19H20N2/c1-21-13-16-4-2-7-19-17(5-3-6-18(16)19)15-10-8-14(12-20)9-11-15/h3,5-6,8-11,16,21H,2,4,7,13H2,1H3/t16-/m1/s1. The molecule has 21 heavy (non-hydrogen) atoms. The van der Waals surface area contributed by atoms with Gasteiger partial charge in [-0.25, -0.2) is 0 Å². The monoisotopic (exact) mass is 276 g/mol. The van der Waals surface area contributed by atoms with Crippen LogP contribution in [0.2, 0.25) is 0 Å². The van der Waals surface area contributed by atoms with Crippen LogP contribution in [0.15, 0.2) is 42.5 Å². The van der Waals surface area contributed by atoms with Gasteiger partial charge in [0.2, 0.25) is 0 Å². The van der Waals surface area contributed by atoms with Crippen molar-refractivity contribution in [3.05, 3.63) is 59.2 Å². The van der Waals surface area contributed by atoms with Crippen molar-refractivity contribution in [1.82, 2.24) is 5.32 Å². The maximum Gasteiger partial charge on any atom is 0.0991 e. The van der Waals surface area contributed by atoms with Crippen LogP contribution in [0.5, 0.6) is 0 Å². The van der Waals surface area contributed by atoms with E-state index in [1.807, 2.05) is 19.2 Å². The number of nitriles is 1. The van der Waals surface area contributed by atoms with Crippen LogP contribution in [-0.4, -0.2) is 13.6 Å². The van der Waals surface area contributed by atoms with E-state index in [-0.39, 0.29) is 0 Å². The summed E-state index contributed by atoms with van der Waals surface area (Å²) in [5.41, 5.74) is 6.26. The first-order valence-corrected chi connectivity index (χ1v) is 7.60. The molecule has 0 unspecified atom stereocenters. The predicted octanol–water partition coefficient (Wildman–Crippen LogP) is 3.86. The van der Waals surface area contributed by atoms with Gasteiger partial charge < -0.3 is 5.32 Å². The molecule has 0 aliphatic heterocycles. The maximum atomic E-state index is 8.93. The minimum Gasteiger partial charge on any atom is -0.319 e. The van der Waals surface area contributed by atoms with Crippen molar-refractivity contribution in [3.8, 4) is 17.2 Å². The Morgan fingerprint density at radius 1 is 1.19 bits per heavy atom. The molecule has 0 heterocycles. The molecule has 0 saturated carbocycles. The largest absolute Gasteiger partial charge is 0.319 e. The van der Waals surface area contributed by atoms with Gasteiger partial charge in [0.05, 0.1) is 11.6 Å². The third-order valence-corrected chi connectivity index (χ3v) is 4.41. The highest BCUT2D eigenvalue weighted by Crippen LogP contribution is 2.37. The quantitative estimate of drug-likeness (QED) is 0.924. The van der Waals surface area contributed by atoms with Gasteiger partial charge in [-0.15, -0.1) is 0 Å². The highest BCUT2D eigenvalue weighted by molar-refractivity contribution is 5.70. The molecule has 1 atom stereocenters. The normalized spacial score (nSPS) is 17.0. The molecule has 0 saturated heterocycles. The smallest absolute Gasteiger partial charge is 0.0991 e. The molecule has 0 radical (unpaired) electrons. The molecule has 0 bridgehead atoms. The summed E-state index contributed by atoms with van der Waals surface area (Å²) in [5, 5.41) is 12.2. The van der Waals surface area contributed by atoms with Gasteiger partial charge in [0, 0.05) is 6.54 Å². The van der Waals surface area contributed by atoms with E-state index < -0.39 is 0 Å². The van der Waals surface area contributed by atoms with E-state index in [0.29, 0.717) is 5.92 Å². The van der Waals surface area contributed by atoms with E-state index in [1.54, 1.807) is 0 Å². The Morgan fingerprint density at radius 3 is 2.71 bits per heavy atom. The molecule has 0 fully saturated rings. The lowest BCUT2D eigenvalue weighted by atomic mass is 9.79. The summed E-state index contributed by atoms with van der Waals surface area (Å²) in [6, 6.07) is 16.8. The third-order valence-electron chi connectivity index (χ3n) is 4.41. The maximum absolute atomic E-state index is 8.93. The fourth-order valence-electron chi connectivity index (χ4n) is 3.40. The van der Waals surface area contributed by atoms with Crippen LogP contribution >= 0.6 is 0 Å². The molecule has 0 amide bonds. The number of nitrogens with one attached hydrogen (secondary N) is 1. The van der Waals surface area contributed by atoms with Crippen molar-refractivity contribution < 1.29 is 0 Å². The topological polar surface area (TPSA) is 35.8 Å². The Morgan fingerprint density at radius 2 is 2.00 bits per heavy atom. The Bertz CT molecular complexity index is 665. The molecular formula is C19H20N2. The lowest BCUT2D eigenvalue weighted by molar-refractivity contribution is 0.529. The van der Waals surface area contributed by atoms with E-state index in [0.717, 1.165) is 18.5 Å². The van der Waals surface area contributed by atoms with E-state index in [1.165, 1.54) is 35.1 Å². The number of hydrogen-bond acceptors (Lipinski definition) is 2. The number of rotatable bonds is 3. The molecule has 1 aliphatic carbocycles. The number of nitrogens with zero attached hydrogens (tertiary/aromatic N) is 1. The zero-order valence-corrected chi connectivity index (χ0v) is 12.4. The molecule has 3 rings (SSSR count). The number of likely N-dealkylation sites (N-methyl/N-ethyl adjacent to an activating group) is 1. The summed E-state index contributed by atoms with van der Waals surface area (Å²) < 4.78 is 0. The van der Waals surface area contributed by atoms with Crippen LogP contribution in [-0.2, 0) is 6.42 Å². The first-order valence-electron chi connectivity index (χ1n) is 7.60. The van der Waals surface area contributed by atoms with Crippen molar-refractivity contribution in [2.24, 2.45) is 0 Å². The van der Waals surface area contributed by atoms with Crippen molar-refractivity contribution in [3.63, 3.8) is 0 Å². The van der Waals surface area contributed by atoms with Crippen LogP contribution < -0.4 is 5.32 Å². The van der Waals surface area contributed by atoms with E-state index in [4.69, 9.17) is 5.26 Å². The average molecular weight is 276 g/mol. The van der Waals surface area contributed by atoms with Crippen LogP contribution in [0, 0.1) is 11.3 Å². The summed E-state index contributed by atoms with van der Waals surface area (Å²) in [5.74, 6) is 0.622. The predicted molar refractivity (Wildman–Crippen MR) is 86.2 cm³/mol. The lowest BCUT2D eigenvalue weighted by Gasteiger charge is -2.27. The fraction of sp³-hybridized carbons (Fsp3) is 0.316. The fourth-order valence-corrected chi connectivity index (χ4v) is 3.40. The van der Waals surface area contributed by atoms with Crippen molar-refractivity contribution in [2.45, 2.75) is 25.2 Å². The molecule has 0 spiro atoms. The molecule has 1 aliphatic rings. The van der Waals surface area contributed by atoms with Gasteiger partial charge in [-0.1, -0.05) is 30.3 Å². The molecule has 0 aromatic heterocycles. The molecule has 2 aromatic carbocycles. The van der Waals surface area contributed by atoms with Gasteiger partial charge >= 0.3 is 0 Å². The van der Waals surface area contributed by atoms with Crippen molar-refractivity contribution >= 4 is 0 Å². The van der Waals surface area contributed by atoms with Gasteiger partial charge in [0.1, 0.15) is 0 Å². The van der Waals surface area contributed by atoms with Crippen molar-refractivity contribution in [2.75, 3.05) is 13.6 Å². The molecule has 2 aromatic rings. The molecule has 1 N–H and O–H groups in total. The second-order valence-electron chi connectivity index (χ2n) is 5.71. The van der Waals surface area contributed by atoms with Crippen LogP contribution in [0.1, 0.15) is 35.4 Å². The third kappa shape index (κ3) is 2.70. The first kappa shape index (κ1) is 13.9. The molecule has 2 heteroatoms. The molecular weight excluding hydrogens is 256 g/mol. The molecule has 106 valence electrons. The first-order chi connectivity index (χ1) is 10.3. The average Bonchev–Trinajstić information content (AvgIpc) is 2.55. The summed E-state index contributed by atoms with van der Waals surface area (Å²) in [6.45, 7) is 1.05. The highest BCUT2D eigenvalue weighted by Gasteiger charge is 2.21. The SMILES string of the molecule is CNC[C@H]1CCCc2c(-c3ccc(C#N)cc3)cccc21. The van der Waals surface area contributed by atoms with Crippen LogP contribution in [0.25, 0.3) is 11.1 Å². The van der Waals surface area contributed by atoms with Gasteiger partial charge in [-0.2, -0.15) is 5.26 Å². The Hall–Kier alpha value is -2.11. The van der Waals surface area contributed by atoms with Gasteiger partial charge in [0.25, 0.3) is 0 Å². The second kappa shape index (κ2) is 6.11. The number of benzene rings is 2. The van der Waals surface area contributed by atoms with Crippen molar-refractivity contribution in [1.29, 1.82) is 5.26 Å². The Balaban J connectivity index is 2.03. The van der Waals surface area contributed by atoms with E-state index in [2.05, 4.69) is 41.7 Å². The second-order valence-corrected chi connectivity index (χ2v) is 5.71. The lowest BCUT2D eigenvalue weighted by Crippen LogP contribution is -2.21. The van der Waals surface area contributed by atoms with Gasteiger partial charge in [0.15, 0.2) is 0 Å². The zero-order chi connectivity index (χ0) is 14.7. The summed E-state index contributed by atoms with van der Waals surface area (Å²) in [6.07, 6.45) is 3.68. The Labute approximate surface area is 126 Å². The Kier molecular flexibility index (Phi) is 4.03. The summed E-state index contributed by atoms with van der Waals surface area (Å²) in [4.78, 5) is 0. The molecule has 2 nitrogen and oxygen atoms in total. The summed E-state index contributed by atoms with van der Waals surface area (Å²) in [7, 11) is 2.03. The minimum atomic E-state index is 0.622. The minimum absolute atomic E-state index is 0.622. The highest BCUT2D eigenvalue weighted by atomic mass is 14.8. The van der Waals surface area contributed by atoms with Gasteiger partial charge in [-0.05, 0) is 66.6 Å². The van der Waals surface area contributed by atoms with E-state index >= 15 is 0 Å². The van der Waals surface area contributed by atoms with Crippen LogP contribution in [0.3, 0.4) is 0 Å².